The molecular formula is C13H21BrN2. The fourth-order valence-corrected chi connectivity index (χ4v) is 1.94. The lowest BCUT2D eigenvalue weighted by Crippen LogP contribution is -2.32. The van der Waals surface area contributed by atoms with Gasteiger partial charge in [0.1, 0.15) is 0 Å². The van der Waals surface area contributed by atoms with Crippen molar-refractivity contribution in [3.05, 3.63) is 34.3 Å². The van der Waals surface area contributed by atoms with Gasteiger partial charge >= 0.3 is 0 Å². The minimum Gasteiger partial charge on any atom is -0.330 e. The van der Waals surface area contributed by atoms with Crippen molar-refractivity contribution < 1.29 is 0 Å². The first-order chi connectivity index (χ1) is 7.63. The second-order valence-corrected chi connectivity index (χ2v) is 5.22. The van der Waals surface area contributed by atoms with Crippen LogP contribution in [0, 0.1) is 0 Å². The summed E-state index contributed by atoms with van der Waals surface area (Å²) < 4.78 is 1.14. The quantitative estimate of drug-likeness (QED) is 0.870. The van der Waals surface area contributed by atoms with E-state index in [-0.39, 0.29) is 0 Å². The molecule has 16 heavy (non-hydrogen) atoms. The molecule has 0 aliphatic carbocycles. The molecule has 2 nitrogen and oxygen atoms in total. The fourth-order valence-electron chi connectivity index (χ4n) is 1.68. The molecule has 90 valence electrons. The van der Waals surface area contributed by atoms with Gasteiger partial charge in [0.05, 0.1) is 0 Å². The van der Waals surface area contributed by atoms with Gasteiger partial charge in [-0.2, -0.15) is 0 Å². The molecule has 2 N–H and O–H groups in total. The first-order valence-electron chi connectivity index (χ1n) is 5.78. The standard InChI is InChI=1S/C13H21BrN2/c1-11(16(2)9-3-8-15)10-12-4-6-13(14)7-5-12/h4-7,11H,3,8-10,15H2,1-2H3. The van der Waals surface area contributed by atoms with E-state index in [4.69, 9.17) is 5.73 Å². The van der Waals surface area contributed by atoms with Crippen LogP contribution in [0.15, 0.2) is 28.7 Å². The topological polar surface area (TPSA) is 29.3 Å². The van der Waals surface area contributed by atoms with E-state index in [0.717, 1.165) is 30.4 Å². The molecule has 0 aromatic heterocycles. The van der Waals surface area contributed by atoms with Crippen LogP contribution < -0.4 is 5.73 Å². The number of rotatable bonds is 6. The number of benzene rings is 1. The van der Waals surface area contributed by atoms with Crippen molar-refractivity contribution in [3.63, 3.8) is 0 Å². The number of halogens is 1. The van der Waals surface area contributed by atoms with Crippen molar-refractivity contribution in [1.82, 2.24) is 4.90 Å². The molecule has 0 radical (unpaired) electrons. The number of likely N-dealkylation sites (N-methyl/N-ethyl adjacent to an activating group) is 1. The summed E-state index contributed by atoms with van der Waals surface area (Å²) in [5.41, 5.74) is 6.90. The van der Waals surface area contributed by atoms with Crippen LogP contribution in [0.5, 0.6) is 0 Å². The predicted octanol–water partition coefficient (Wildman–Crippen LogP) is 2.66. The maximum Gasteiger partial charge on any atom is 0.0175 e. The van der Waals surface area contributed by atoms with Gasteiger partial charge in [0.2, 0.25) is 0 Å². The molecule has 0 spiro atoms. The Hall–Kier alpha value is -0.380. The Bertz CT molecular complexity index is 297. The van der Waals surface area contributed by atoms with Gasteiger partial charge in [-0.1, -0.05) is 28.1 Å². The van der Waals surface area contributed by atoms with E-state index in [1.807, 2.05) is 0 Å². The van der Waals surface area contributed by atoms with E-state index >= 15 is 0 Å². The van der Waals surface area contributed by atoms with Crippen LogP contribution in [-0.4, -0.2) is 31.1 Å². The van der Waals surface area contributed by atoms with Crippen molar-refractivity contribution in [1.29, 1.82) is 0 Å². The van der Waals surface area contributed by atoms with E-state index in [9.17, 15) is 0 Å². The van der Waals surface area contributed by atoms with E-state index in [1.54, 1.807) is 0 Å². The first-order valence-corrected chi connectivity index (χ1v) is 6.57. The Morgan fingerprint density at radius 2 is 1.94 bits per heavy atom. The van der Waals surface area contributed by atoms with E-state index in [2.05, 4.69) is 59.1 Å². The maximum atomic E-state index is 5.51. The molecule has 1 atom stereocenters. The highest BCUT2D eigenvalue weighted by Gasteiger charge is 2.08. The van der Waals surface area contributed by atoms with Gasteiger partial charge in [-0.3, -0.25) is 0 Å². The third kappa shape index (κ3) is 4.64. The van der Waals surface area contributed by atoms with Crippen molar-refractivity contribution >= 4 is 15.9 Å². The number of hydrogen-bond donors (Lipinski definition) is 1. The summed E-state index contributed by atoms with van der Waals surface area (Å²) in [6, 6.07) is 9.12. The molecule has 1 aromatic rings. The summed E-state index contributed by atoms with van der Waals surface area (Å²) in [4.78, 5) is 2.37. The van der Waals surface area contributed by atoms with Gasteiger partial charge in [0, 0.05) is 10.5 Å². The Balaban J connectivity index is 2.43. The summed E-state index contributed by atoms with van der Waals surface area (Å²) in [7, 11) is 2.17. The average Bonchev–Trinajstić information content (AvgIpc) is 2.29. The summed E-state index contributed by atoms with van der Waals surface area (Å²) >= 11 is 3.45. The molecule has 1 unspecified atom stereocenters. The van der Waals surface area contributed by atoms with Gasteiger partial charge in [-0.05, 0) is 57.6 Å². The highest BCUT2D eigenvalue weighted by Crippen LogP contribution is 2.13. The molecule has 0 aliphatic heterocycles. The Morgan fingerprint density at radius 3 is 2.50 bits per heavy atom. The second kappa shape index (κ2) is 7.05. The lowest BCUT2D eigenvalue weighted by atomic mass is 10.1. The molecule has 1 aromatic carbocycles. The van der Waals surface area contributed by atoms with Gasteiger partial charge in [-0.25, -0.2) is 0 Å². The van der Waals surface area contributed by atoms with Crippen molar-refractivity contribution in [2.24, 2.45) is 5.73 Å². The first kappa shape index (κ1) is 13.7. The van der Waals surface area contributed by atoms with Crippen LogP contribution in [0.3, 0.4) is 0 Å². The lowest BCUT2D eigenvalue weighted by molar-refractivity contribution is 0.255. The fraction of sp³-hybridized carbons (Fsp3) is 0.538. The third-order valence-corrected chi connectivity index (χ3v) is 3.44. The van der Waals surface area contributed by atoms with Crippen molar-refractivity contribution in [2.75, 3.05) is 20.1 Å². The van der Waals surface area contributed by atoms with Crippen molar-refractivity contribution in [2.45, 2.75) is 25.8 Å². The molecule has 0 heterocycles. The number of nitrogens with two attached hydrogens (primary N) is 1. The van der Waals surface area contributed by atoms with Crippen LogP contribution in [0.25, 0.3) is 0 Å². The lowest BCUT2D eigenvalue weighted by Gasteiger charge is -2.24. The second-order valence-electron chi connectivity index (χ2n) is 4.30. The van der Waals surface area contributed by atoms with Crippen LogP contribution >= 0.6 is 15.9 Å². The largest absolute Gasteiger partial charge is 0.330 e. The summed E-state index contributed by atoms with van der Waals surface area (Å²) in [5.74, 6) is 0. The molecular weight excluding hydrogens is 264 g/mol. The molecule has 0 amide bonds. The molecule has 0 fully saturated rings. The smallest absolute Gasteiger partial charge is 0.0175 e. The molecule has 0 bridgehead atoms. The molecule has 0 aliphatic rings. The monoisotopic (exact) mass is 284 g/mol. The maximum absolute atomic E-state index is 5.51. The Morgan fingerprint density at radius 1 is 1.31 bits per heavy atom. The van der Waals surface area contributed by atoms with Gasteiger partial charge in [0.25, 0.3) is 0 Å². The SMILES string of the molecule is CC(Cc1ccc(Br)cc1)N(C)CCCN. The van der Waals surface area contributed by atoms with E-state index in [1.165, 1.54) is 5.56 Å². The molecule has 0 saturated carbocycles. The normalized spacial score (nSPS) is 13.1. The highest BCUT2D eigenvalue weighted by atomic mass is 79.9. The molecule has 3 heteroatoms. The summed E-state index contributed by atoms with van der Waals surface area (Å²) in [6.07, 6.45) is 2.16. The highest BCUT2D eigenvalue weighted by molar-refractivity contribution is 9.10. The van der Waals surface area contributed by atoms with Gasteiger partial charge in [-0.15, -0.1) is 0 Å². The van der Waals surface area contributed by atoms with Crippen molar-refractivity contribution in [3.8, 4) is 0 Å². The van der Waals surface area contributed by atoms with Crippen LogP contribution in [-0.2, 0) is 6.42 Å². The van der Waals surface area contributed by atoms with Gasteiger partial charge in [0.15, 0.2) is 0 Å². The van der Waals surface area contributed by atoms with Crippen LogP contribution in [0.4, 0.5) is 0 Å². The summed E-state index contributed by atoms with van der Waals surface area (Å²) in [6.45, 7) is 4.11. The van der Waals surface area contributed by atoms with Crippen LogP contribution in [0.2, 0.25) is 0 Å². The number of nitrogens with zero attached hydrogens (tertiary/aromatic N) is 1. The zero-order valence-electron chi connectivity index (χ0n) is 10.1. The average molecular weight is 285 g/mol. The van der Waals surface area contributed by atoms with E-state index < -0.39 is 0 Å². The Labute approximate surface area is 107 Å². The van der Waals surface area contributed by atoms with Crippen LogP contribution in [0.1, 0.15) is 18.9 Å². The minimum absolute atomic E-state index is 0.563. The summed E-state index contributed by atoms with van der Waals surface area (Å²) in [5, 5.41) is 0. The predicted molar refractivity (Wildman–Crippen MR) is 73.6 cm³/mol. The third-order valence-electron chi connectivity index (χ3n) is 2.91. The Kier molecular flexibility index (Phi) is 6.03. The number of hydrogen-bond acceptors (Lipinski definition) is 2. The molecule has 0 saturated heterocycles. The zero-order chi connectivity index (χ0) is 12.0. The van der Waals surface area contributed by atoms with Gasteiger partial charge < -0.3 is 10.6 Å². The van der Waals surface area contributed by atoms with E-state index in [0.29, 0.717) is 6.04 Å². The zero-order valence-corrected chi connectivity index (χ0v) is 11.7. The molecule has 1 rings (SSSR count). The minimum atomic E-state index is 0.563.